The third kappa shape index (κ3) is 4.29. The molecule has 1 aromatic heterocycles. The molecule has 3 aromatic carbocycles. The van der Waals surface area contributed by atoms with E-state index >= 15 is 0 Å². The number of benzene rings is 3. The van der Waals surface area contributed by atoms with Crippen LogP contribution in [0.15, 0.2) is 91.0 Å². The summed E-state index contributed by atoms with van der Waals surface area (Å²) in [4.78, 5) is 0. The van der Waals surface area contributed by atoms with Crippen molar-refractivity contribution in [2.24, 2.45) is 17.6 Å². The van der Waals surface area contributed by atoms with E-state index < -0.39 is 0 Å². The Hall–Kier alpha value is -2.58. The van der Waals surface area contributed by atoms with E-state index in [1.807, 2.05) is 0 Å². The summed E-state index contributed by atoms with van der Waals surface area (Å²) in [5.41, 5.74) is 12.7. The fourth-order valence-electron chi connectivity index (χ4n) is 5.75. The Morgan fingerprint density at radius 1 is 0.824 bits per heavy atom. The Morgan fingerprint density at radius 3 is 2.38 bits per heavy atom. The van der Waals surface area contributed by atoms with E-state index in [0.29, 0.717) is 17.9 Å². The minimum atomic E-state index is 0. The van der Waals surface area contributed by atoms with Gasteiger partial charge in [0.25, 0.3) is 0 Å². The van der Waals surface area contributed by atoms with Gasteiger partial charge >= 0.3 is 0 Å². The molecule has 2 nitrogen and oxygen atoms in total. The normalized spacial score (nSPS) is 22.5. The van der Waals surface area contributed by atoms with Crippen LogP contribution in [0.1, 0.15) is 37.7 Å². The largest absolute Gasteiger partial charge is 0.330 e. The van der Waals surface area contributed by atoms with Gasteiger partial charge in [0.05, 0.1) is 11.0 Å². The second-order valence-corrected chi connectivity index (χ2v) is 9.64. The van der Waals surface area contributed by atoms with Gasteiger partial charge in [-0.3, -0.25) is 0 Å². The van der Waals surface area contributed by atoms with Crippen LogP contribution in [0.3, 0.4) is 0 Å². The van der Waals surface area contributed by atoms with Crippen molar-refractivity contribution in [2.75, 3.05) is 0 Å². The summed E-state index contributed by atoms with van der Waals surface area (Å²) in [6.45, 7) is 0. The fourth-order valence-corrected chi connectivity index (χ4v) is 5.75. The van der Waals surface area contributed by atoms with Gasteiger partial charge in [0, 0.05) is 33.5 Å². The molecule has 2 aliphatic carbocycles. The molecule has 1 fully saturated rings. The Bertz CT molecular complexity index is 1350. The molecule has 0 aliphatic heterocycles. The average Bonchev–Trinajstić information content (AvgIpc) is 3.20. The first-order valence-corrected chi connectivity index (χ1v) is 12.4. The average molecular weight is 487 g/mol. The molecule has 1 heterocycles. The standard InChI is InChI=1S/C31H31N2.Mn/c32-29-12-6-4-8-25(29)20-22-14-16-23(17-15-22)24-18-19-31-28(21-24)27-11-5-7-13-30(27)33(31)26-9-2-1-3-10-26;/h1-3,5,7,9-11,13-14,16-22,25,29H,4,6,8,12,15,32H2;/q-1;. The first kappa shape index (κ1) is 23.2. The number of nitrogens with zero attached hydrogens (tertiary/aromatic N) is 1. The maximum absolute atomic E-state index is 6.38. The van der Waals surface area contributed by atoms with Gasteiger partial charge < -0.3 is 16.7 Å². The van der Waals surface area contributed by atoms with Crippen molar-refractivity contribution in [2.45, 2.75) is 38.1 Å². The van der Waals surface area contributed by atoms with Crippen molar-refractivity contribution >= 4 is 27.4 Å². The van der Waals surface area contributed by atoms with E-state index in [1.54, 1.807) is 0 Å². The molecule has 6 rings (SSSR count). The van der Waals surface area contributed by atoms with Crippen molar-refractivity contribution < 1.29 is 17.1 Å². The maximum Gasteiger partial charge on any atom is 0.0541 e. The van der Waals surface area contributed by atoms with Crippen molar-refractivity contribution in [3.63, 3.8) is 0 Å². The number of fused-ring (bicyclic) bond motifs is 3. The molecule has 0 bridgehead atoms. The van der Waals surface area contributed by atoms with E-state index in [-0.39, 0.29) is 17.1 Å². The third-order valence-corrected chi connectivity index (χ3v) is 7.52. The number of hydrogen-bond acceptors (Lipinski definition) is 1. The molecule has 3 heteroatoms. The van der Waals surface area contributed by atoms with Crippen molar-refractivity contribution in [1.29, 1.82) is 0 Å². The summed E-state index contributed by atoms with van der Waals surface area (Å²) in [5, 5.41) is 2.61. The zero-order valence-corrected chi connectivity index (χ0v) is 20.6. The van der Waals surface area contributed by atoms with Gasteiger partial charge in [0.1, 0.15) is 0 Å². The predicted molar refractivity (Wildman–Crippen MR) is 140 cm³/mol. The Kier molecular flexibility index (Phi) is 6.79. The molecular formula is C31H31MnN2-. The minimum Gasteiger partial charge on any atom is -0.330 e. The van der Waals surface area contributed by atoms with Gasteiger partial charge in [0.2, 0.25) is 0 Å². The zero-order chi connectivity index (χ0) is 22.2. The molecule has 2 aliphatic rings. The number of rotatable bonds is 4. The van der Waals surface area contributed by atoms with E-state index in [9.17, 15) is 0 Å². The van der Waals surface area contributed by atoms with Crippen LogP contribution < -0.4 is 5.73 Å². The van der Waals surface area contributed by atoms with Crippen LogP contribution in [-0.4, -0.2) is 10.6 Å². The molecule has 2 N–H and O–H groups in total. The molecule has 0 saturated heterocycles. The topological polar surface area (TPSA) is 30.9 Å². The summed E-state index contributed by atoms with van der Waals surface area (Å²) in [6.07, 6.45) is 15.7. The van der Waals surface area contributed by atoms with Crippen molar-refractivity contribution in [3.8, 4) is 5.69 Å². The van der Waals surface area contributed by atoms with Gasteiger partial charge in [0.15, 0.2) is 0 Å². The first-order valence-electron chi connectivity index (χ1n) is 12.4. The molecular weight excluding hydrogens is 455 g/mol. The predicted octanol–water partition coefficient (Wildman–Crippen LogP) is 7.46. The van der Waals surface area contributed by atoms with Gasteiger partial charge in [-0.25, -0.2) is 0 Å². The fraction of sp³-hybridized carbons (Fsp3) is 0.258. The number of nitrogens with two attached hydrogens (primary N) is 1. The van der Waals surface area contributed by atoms with E-state index in [2.05, 4.69) is 102 Å². The van der Waals surface area contributed by atoms with Crippen LogP contribution in [0.4, 0.5) is 0 Å². The summed E-state index contributed by atoms with van der Waals surface area (Å²) in [6, 6.07) is 26.7. The molecule has 1 radical (unpaired) electrons. The van der Waals surface area contributed by atoms with Gasteiger partial charge in [-0.2, -0.15) is 5.92 Å². The zero-order valence-electron chi connectivity index (χ0n) is 19.4. The Morgan fingerprint density at radius 2 is 1.59 bits per heavy atom. The molecule has 0 amide bonds. The minimum absolute atomic E-state index is 0. The van der Waals surface area contributed by atoms with Crippen LogP contribution in [0.2, 0.25) is 0 Å². The van der Waals surface area contributed by atoms with Crippen LogP contribution >= 0.6 is 0 Å². The molecule has 3 unspecified atom stereocenters. The first-order chi connectivity index (χ1) is 16.3. The Labute approximate surface area is 213 Å². The van der Waals surface area contributed by atoms with Crippen LogP contribution in [0, 0.1) is 18.3 Å². The van der Waals surface area contributed by atoms with Crippen LogP contribution in [-0.2, 0) is 17.1 Å². The number of para-hydroxylation sites is 2. The second-order valence-electron chi connectivity index (χ2n) is 9.64. The van der Waals surface area contributed by atoms with Crippen molar-refractivity contribution in [1.82, 2.24) is 4.57 Å². The summed E-state index contributed by atoms with van der Waals surface area (Å²) >= 11 is 0. The van der Waals surface area contributed by atoms with Crippen LogP contribution in [0.25, 0.3) is 33.1 Å². The monoisotopic (exact) mass is 486 g/mol. The molecule has 0 spiro atoms. The second kappa shape index (κ2) is 9.96. The molecule has 34 heavy (non-hydrogen) atoms. The summed E-state index contributed by atoms with van der Waals surface area (Å²) in [7, 11) is 0. The molecule has 173 valence electrons. The van der Waals surface area contributed by atoms with E-state index in [4.69, 9.17) is 5.73 Å². The smallest absolute Gasteiger partial charge is 0.0541 e. The van der Waals surface area contributed by atoms with Gasteiger partial charge in [-0.15, -0.1) is 12.0 Å². The van der Waals surface area contributed by atoms with Gasteiger partial charge in [-0.1, -0.05) is 80.3 Å². The van der Waals surface area contributed by atoms with E-state index in [0.717, 1.165) is 6.42 Å². The summed E-state index contributed by atoms with van der Waals surface area (Å²) < 4.78 is 2.37. The maximum atomic E-state index is 6.38. The molecule has 1 saturated carbocycles. The number of aromatic nitrogens is 1. The third-order valence-electron chi connectivity index (χ3n) is 7.52. The Balaban J connectivity index is 0.00000241. The quantitative estimate of drug-likeness (QED) is 0.236. The summed E-state index contributed by atoms with van der Waals surface area (Å²) in [5.74, 6) is 1.08. The van der Waals surface area contributed by atoms with Crippen molar-refractivity contribution in [3.05, 3.63) is 103 Å². The van der Waals surface area contributed by atoms with E-state index in [1.165, 1.54) is 64.3 Å². The molecule has 3 atom stereocenters. The number of hydrogen-bond donors (Lipinski definition) is 1. The van der Waals surface area contributed by atoms with Crippen LogP contribution in [0.5, 0.6) is 0 Å². The number of allylic oxidation sites excluding steroid dienone is 4. The van der Waals surface area contributed by atoms with Gasteiger partial charge in [-0.05, 0) is 53.9 Å². The molecule has 4 aromatic rings. The SMILES string of the molecule is NC1CCCCC1[CH-]C1C=CC(c2ccc3c(c2)c2ccccc2n3-c2ccccc2)=CC1.[Mn].